The minimum absolute atomic E-state index is 0.436. The van der Waals surface area contributed by atoms with E-state index in [9.17, 15) is 0 Å². The number of imidazole rings is 1. The number of nitrogens with two attached hydrogens (primary N) is 1. The standard InChI is InChI=1S/C15H13Cl2N3O.C2H6/c16-10-5-6-14(11(17)9-10)21-8-7-20-13-4-2-1-3-12(13)19-15(20)18;1-2/h1-6,9H,7-8H2,(H2,18,19);1-2H3. The summed E-state index contributed by atoms with van der Waals surface area (Å²) < 4.78 is 7.59. The van der Waals surface area contributed by atoms with Gasteiger partial charge in [0.05, 0.1) is 22.6 Å². The summed E-state index contributed by atoms with van der Waals surface area (Å²) in [6.07, 6.45) is 0. The molecule has 2 aromatic carbocycles. The van der Waals surface area contributed by atoms with E-state index in [1.165, 1.54) is 0 Å². The maximum absolute atomic E-state index is 6.06. The van der Waals surface area contributed by atoms with E-state index < -0.39 is 0 Å². The highest BCUT2D eigenvalue weighted by Crippen LogP contribution is 2.27. The molecule has 0 atom stereocenters. The molecule has 0 fully saturated rings. The third-order valence-corrected chi connectivity index (χ3v) is 3.68. The van der Waals surface area contributed by atoms with Gasteiger partial charge in [0.1, 0.15) is 12.4 Å². The molecule has 6 heteroatoms. The average Bonchev–Trinajstić information content (AvgIpc) is 2.87. The van der Waals surface area contributed by atoms with Crippen LogP contribution >= 0.6 is 23.2 Å². The monoisotopic (exact) mass is 351 g/mol. The fourth-order valence-electron chi connectivity index (χ4n) is 2.17. The first kappa shape index (κ1) is 17.4. The van der Waals surface area contributed by atoms with Crippen LogP contribution in [-0.2, 0) is 6.54 Å². The van der Waals surface area contributed by atoms with Crippen molar-refractivity contribution in [3.05, 3.63) is 52.5 Å². The predicted molar refractivity (Wildman–Crippen MR) is 97.5 cm³/mol. The van der Waals surface area contributed by atoms with Crippen LogP contribution in [0, 0.1) is 0 Å². The molecule has 0 bridgehead atoms. The Bertz CT molecular complexity index is 787. The number of para-hydroxylation sites is 2. The van der Waals surface area contributed by atoms with Crippen LogP contribution in [0.25, 0.3) is 11.0 Å². The lowest BCUT2D eigenvalue weighted by Crippen LogP contribution is -2.10. The van der Waals surface area contributed by atoms with Gasteiger partial charge in [-0.3, -0.25) is 0 Å². The molecule has 122 valence electrons. The first-order valence-corrected chi connectivity index (χ1v) is 8.19. The van der Waals surface area contributed by atoms with Gasteiger partial charge in [-0.15, -0.1) is 0 Å². The first-order valence-electron chi connectivity index (χ1n) is 7.44. The van der Waals surface area contributed by atoms with Gasteiger partial charge in [-0.2, -0.15) is 0 Å². The van der Waals surface area contributed by atoms with Crippen molar-refractivity contribution in [3.63, 3.8) is 0 Å². The first-order chi connectivity index (χ1) is 11.1. The van der Waals surface area contributed by atoms with E-state index in [1.54, 1.807) is 18.2 Å². The lowest BCUT2D eigenvalue weighted by Gasteiger charge is -2.10. The summed E-state index contributed by atoms with van der Waals surface area (Å²) in [4.78, 5) is 4.31. The van der Waals surface area contributed by atoms with Crippen LogP contribution in [0.4, 0.5) is 5.95 Å². The fourth-order valence-corrected chi connectivity index (χ4v) is 2.63. The van der Waals surface area contributed by atoms with E-state index >= 15 is 0 Å². The zero-order valence-electron chi connectivity index (χ0n) is 13.1. The van der Waals surface area contributed by atoms with Crippen molar-refractivity contribution in [1.82, 2.24) is 9.55 Å². The normalized spacial score (nSPS) is 10.3. The zero-order chi connectivity index (χ0) is 16.8. The minimum Gasteiger partial charge on any atom is -0.490 e. The van der Waals surface area contributed by atoms with Crippen molar-refractivity contribution in [1.29, 1.82) is 0 Å². The Labute approximate surface area is 145 Å². The molecule has 1 aromatic heterocycles. The van der Waals surface area contributed by atoms with Crippen LogP contribution in [0.2, 0.25) is 10.0 Å². The Morgan fingerprint density at radius 1 is 1.13 bits per heavy atom. The van der Waals surface area contributed by atoms with Crippen LogP contribution in [0.5, 0.6) is 5.75 Å². The largest absolute Gasteiger partial charge is 0.490 e. The van der Waals surface area contributed by atoms with E-state index in [0.717, 1.165) is 11.0 Å². The van der Waals surface area contributed by atoms with Crippen molar-refractivity contribution in [2.75, 3.05) is 12.3 Å². The maximum atomic E-state index is 6.06. The summed E-state index contributed by atoms with van der Waals surface area (Å²) in [6.45, 7) is 5.03. The van der Waals surface area contributed by atoms with Crippen LogP contribution in [-0.4, -0.2) is 16.2 Å². The minimum atomic E-state index is 0.436. The van der Waals surface area contributed by atoms with Crippen molar-refractivity contribution in [2.24, 2.45) is 0 Å². The van der Waals surface area contributed by atoms with Gasteiger partial charge in [0.25, 0.3) is 0 Å². The number of aromatic nitrogens is 2. The Morgan fingerprint density at radius 2 is 1.87 bits per heavy atom. The molecule has 0 aliphatic rings. The van der Waals surface area contributed by atoms with Gasteiger partial charge in [0.2, 0.25) is 5.95 Å². The second-order valence-electron chi connectivity index (χ2n) is 4.53. The molecule has 0 amide bonds. The third kappa shape index (κ3) is 4.09. The van der Waals surface area contributed by atoms with E-state index in [0.29, 0.717) is 34.9 Å². The molecular weight excluding hydrogens is 333 g/mol. The quantitative estimate of drug-likeness (QED) is 0.716. The van der Waals surface area contributed by atoms with Crippen LogP contribution < -0.4 is 10.5 Å². The molecule has 0 saturated carbocycles. The van der Waals surface area contributed by atoms with Gasteiger partial charge >= 0.3 is 0 Å². The molecule has 0 unspecified atom stereocenters. The molecule has 0 aliphatic carbocycles. The number of nitrogens with zero attached hydrogens (tertiary/aromatic N) is 2. The molecule has 0 saturated heterocycles. The molecule has 2 N–H and O–H groups in total. The van der Waals surface area contributed by atoms with Crippen LogP contribution in [0.1, 0.15) is 13.8 Å². The lowest BCUT2D eigenvalue weighted by molar-refractivity contribution is 0.301. The summed E-state index contributed by atoms with van der Waals surface area (Å²) in [5.41, 5.74) is 7.80. The molecule has 0 radical (unpaired) electrons. The molecule has 3 rings (SSSR count). The SMILES string of the molecule is CC.Nc1nc2ccccc2n1CCOc1ccc(Cl)cc1Cl. The Morgan fingerprint density at radius 3 is 2.61 bits per heavy atom. The third-order valence-electron chi connectivity index (χ3n) is 3.15. The van der Waals surface area contributed by atoms with Gasteiger partial charge in [-0.05, 0) is 30.3 Å². The van der Waals surface area contributed by atoms with Crippen molar-refractivity contribution < 1.29 is 4.74 Å². The summed E-state index contributed by atoms with van der Waals surface area (Å²) >= 11 is 11.9. The number of rotatable bonds is 4. The fraction of sp³-hybridized carbons (Fsp3) is 0.235. The van der Waals surface area contributed by atoms with E-state index in [1.807, 2.05) is 42.7 Å². The summed E-state index contributed by atoms with van der Waals surface area (Å²) in [5, 5.41) is 1.07. The molecule has 23 heavy (non-hydrogen) atoms. The van der Waals surface area contributed by atoms with Gasteiger partial charge in [-0.25, -0.2) is 4.98 Å². The van der Waals surface area contributed by atoms with Crippen molar-refractivity contribution >= 4 is 40.2 Å². The van der Waals surface area contributed by atoms with Gasteiger partial charge in [0, 0.05) is 5.02 Å². The highest BCUT2D eigenvalue weighted by atomic mass is 35.5. The highest BCUT2D eigenvalue weighted by molar-refractivity contribution is 6.35. The zero-order valence-corrected chi connectivity index (χ0v) is 14.6. The van der Waals surface area contributed by atoms with Crippen molar-refractivity contribution in [2.45, 2.75) is 20.4 Å². The van der Waals surface area contributed by atoms with Crippen LogP contribution in [0.15, 0.2) is 42.5 Å². The van der Waals surface area contributed by atoms with Crippen LogP contribution in [0.3, 0.4) is 0 Å². The summed E-state index contributed by atoms with van der Waals surface area (Å²) in [7, 11) is 0. The van der Waals surface area contributed by atoms with E-state index in [2.05, 4.69) is 4.98 Å². The highest BCUT2D eigenvalue weighted by Gasteiger charge is 2.08. The molecule has 4 nitrogen and oxygen atoms in total. The number of hydrogen-bond donors (Lipinski definition) is 1. The average molecular weight is 352 g/mol. The number of anilines is 1. The Kier molecular flexibility index (Phi) is 6.13. The van der Waals surface area contributed by atoms with Gasteiger partial charge in [0.15, 0.2) is 0 Å². The number of ether oxygens (including phenoxy) is 1. The smallest absolute Gasteiger partial charge is 0.201 e. The number of nitrogen functional groups attached to an aromatic ring is 1. The number of halogens is 2. The maximum Gasteiger partial charge on any atom is 0.201 e. The lowest BCUT2D eigenvalue weighted by atomic mass is 10.3. The molecule has 1 heterocycles. The number of hydrogen-bond acceptors (Lipinski definition) is 3. The summed E-state index contributed by atoms with van der Waals surface area (Å²) in [6, 6.07) is 12.9. The van der Waals surface area contributed by atoms with Gasteiger partial charge in [-0.1, -0.05) is 49.2 Å². The molecule has 3 aromatic rings. The Balaban J connectivity index is 0.000000924. The van der Waals surface area contributed by atoms with E-state index in [4.69, 9.17) is 33.7 Å². The Hall–Kier alpha value is -1.91. The molecule has 0 aliphatic heterocycles. The van der Waals surface area contributed by atoms with Gasteiger partial charge < -0.3 is 15.0 Å². The van der Waals surface area contributed by atoms with Crippen molar-refractivity contribution in [3.8, 4) is 5.75 Å². The number of fused-ring (bicyclic) bond motifs is 1. The second-order valence-corrected chi connectivity index (χ2v) is 5.38. The molecule has 0 spiro atoms. The molecular formula is C17H19Cl2N3O. The number of benzene rings is 2. The summed E-state index contributed by atoms with van der Waals surface area (Å²) in [5.74, 6) is 1.08. The topological polar surface area (TPSA) is 53.1 Å². The second kappa shape index (κ2) is 8.09. The predicted octanol–water partition coefficient (Wildman–Crippen LogP) is 5.03. The van der Waals surface area contributed by atoms with E-state index in [-0.39, 0.29) is 0 Å².